The van der Waals surface area contributed by atoms with Crippen molar-refractivity contribution in [2.24, 2.45) is 12.2 Å². The Morgan fingerprint density at radius 1 is 1.22 bits per heavy atom. The van der Waals surface area contributed by atoms with Gasteiger partial charge in [0.25, 0.3) is 5.56 Å². The van der Waals surface area contributed by atoms with Gasteiger partial charge in [0, 0.05) is 56.3 Å². The molecule has 0 aliphatic carbocycles. The molecule has 3 aromatic rings. The van der Waals surface area contributed by atoms with Crippen LogP contribution in [0.25, 0.3) is 0 Å². The molecule has 0 atom stereocenters. The van der Waals surface area contributed by atoms with E-state index in [4.69, 9.17) is 14.8 Å². The molecular formula is C27H25F2N5O3. The summed E-state index contributed by atoms with van der Waals surface area (Å²) < 4.78 is 35.0. The third kappa shape index (κ3) is 5.01. The van der Waals surface area contributed by atoms with E-state index in [2.05, 4.69) is 15.0 Å². The minimum atomic E-state index is -1.01. The van der Waals surface area contributed by atoms with Gasteiger partial charge in [-0.15, -0.1) is 0 Å². The molecule has 2 aliphatic rings. The highest BCUT2D eigenvalue weighted by Crippen LogP contribution is 2.43. The highest BCUT2D eigenvalue weighted by Gasteiger charge is 2.43. The molecule has 37 heavy (non-hydrogen) atoms. The maximum atomic E-state index is 13.8. The highest BCUT2D eigenvalue weighted by atomic mass is 19.2. The van der Waals surface area contributed by atoms with Crippen LogP contribution in [-0.4, -0.2) is 39.9 Å². The molecule has 1 fully saturated rings. The first kappa shape index (κ1) is 24.7. The second-order valence-electron chi connectivity index (χ2n) is 9.27. The number of benzene rings is 1. The van der Waals surface area contributed by atoms with Crippen LogP contribution in [0.3, 0.4) is 0 Å². The second-order valence-corrected chi connectivity index (χ2v) is 9.27. The number of hydrogen-bond donors (Lipinski definition) is 0. The standard InChI is InChI=1S/C27H25F2N5O3/c1-33-16-20-17-36-27(21(20)13-25(33)35)6-9-34(10-7-27)15-18-2-5-24(31-14-18)26(32-37-11-8-30)19-3-4-22(28)23(29)12-19/h2-5,12-14,16H,6-7,9-11,15,17H2,1H3/b32-26+. The van der Waals surface area contributed by atoms with E-state index in [0.717, 1.165) is 54.8 Å². The number of nitriles is 1. The Balaban J connectivity index is 1.28. The number of aromatic nitrogens is 2. The number of aryl methyl sites for hydroxylation is 1. The van der Waals surface area contributed by atoms with Crippen molar-refractivity contribution in [1.82, 2.24) is 14.5 Å². The predicted molar refractivity (Wildman–Crippen MR) is 130 cm³/mol. The third-order valence-corrected chi connectivity index (χ3v) is 6.92. The van der Waals surface area contributed by atoms with Gasteiger partial charge in [0.2, 0.25) is 6.61 Å². The largest absolute Gasteiger partial charge is 0.380 e. The fourth-order valence-corrected chi connectivity index (χ4v) is 4.94. The quantitative estimate of drug-likeness (QED) is 0.290. The van der Waals surface area contributed by atoms with Crippen LogP contribution in [0.2, 0.25) is 0 Å². The number of pyridine rings is 2. The van der Waals surface area contributed by atoms with Crippen molar-refractivity contribution in [3.63, 3.8) is 0 Å². The Bertz CT molecular complexity index is 1440. The molecule has 190 valence electrons. The lowest BCUT2D eigenvalue weighted by molar-refractivity contribution is -0.0799. The number of hydrogen-bond acceptors (Lipinski definition) is 7. The molecule has 0 N–H and O–H groups in total. The van der Waals surface area contributed by atoms with Gasteiger partial charge in [-0.05, 0) is 48.2 Å². The summed E-state index contributed by atoms with van der Waals surface area (Å²) in [5.41, 5.74) is 3.53. The van der Waals surface area contributed by atoms with Gasteiger partial charge >= 0.3 is 0 Å². The molecule has 0 saturated carbocycles. The zero-order chi connectivity index (χ0) is 26.0. The average molecular weight is 506 g/mol. The number of fused-ring (bicyclic) bond motifs is 2. The molecule has 0 radical (unpaired) electrons. The lowest BCUT2D eigenvalue weighted by Gasteiger charge is -2.39. The molecule has 2 aromatic heterocycles. The fourth-order valence-electron chi connectivity index (χ4n) is 4.94. The number of likely N-dealkylation sites (tertiary alicyclic amines) is 1. The molecule has 0 amide bonds. The number of rotatable bonds is 6. The summed E-state index contributed by atoms with van der Waals surface area (Å²) in [7, 11) is 1.75. The molecule has 8 nitrogen and oxygen atoms in total. The first-order valence-electron chi connectivity index (χ1n) is 11.9. The van der Waals surface area contributed by atoms with Crippen LogP contribution in [-0.2, 0) is 35.4 Å². The summed E-state index contributed by atoms with van der Waals surface area (Å²) in [6.07, 6.45) is 5.17. The maximum Gasteiger partial charge on any atom is 0.250 e. The van der Waals surface area contributed by atoms with E-state index < -0.39 is 17.2 Å². The number of piperidine rings is 1. The molecule has 5 rings (SSSR count). The third-order valence-electron chi connectivity index (χ3n) is 6.92. The van der Waals surface area contributed by atoms with E-state index in [-0.39, 0.29) is 23.4 Å². The van der Waals surface area contributed by atoms with Crippen molar-refractivity contribution in [3.8, 4) is 6.07 Å². The number of ether oxygens (including phenoxy) is 1. The first-order valence-corrected chi connectivity index (χ1v) is 11.9. The number of oxime groups is 1. The Morgan fingerprint density at radius 3 is 2.73 bits per heavy atom. The smallest absolute Gasteiger partial charge is 0.250 e. The summed E-state index contributed by atoms with van der Waals surface area (Å²) in [5, 5.41) is 12.7. The predicted octanol–water partition coefficient (Wildman–Crippen LogP) is 3.37. The van der Waals surface area contributed by atoms with Crippen molar-refractivity contribution in [1.29, 1.82) is 5.26 Å². The van der Waals surface area contributed by atoms with Crippen molar-refractivity contribution < 1.29 is 18.4 Å². The van der Waals surface area contributed by atoms with Gasteiger partial charge in [0.15, 0.2) is 11.6 Å². The summed E-state index contributed by atoms with van der Waals surface area (Å²) in [6, 6.07) is 10.6. The Kier molecular flexibility index (Phi) is 6.82. The van der Waals surface area contributed by atoms with Crippen LogP contribution in [0.5, 0.6) is 0 Å². The van der Waals surface area contributed by atoms with E-state index >= 15 is 0 Å². The molecule has 1 spiro atoms. The second kappa shape index (κ2) is 10.2. The highest BCUT2D eigenvalue weighted by molar-refractivity contribution is 6.11. The maximum absolute atomic E-state index is 13.8. The van der Waals surface area contributed by atoms with Crippen LogP contribution in [0.4, 0.5) is 8.78 Å². The number of halogens is 2. The minimum absolute atomic E-state index is 0.0264. The summed E-state index contributed by atoms with van der Waals surface area (Å²) in [4.78, 5) is 24.0. The van der Waals surface area contributed by atoms with E-state index in [1.807, 2.05) is 18.3 Å². The zero-order valence-electron chi connectivity index (χ0n) is 20.3. The molecule has 2 aliphatic heterocycles. The van der Waals surface area contributed by atoms with Crippen LogP contribution >= 0.6 is 0 Å². The van der Waals surface area contributed by atoms with Crippen LogP contribution in [0.1, 0.15) is 40.8 Å². The first-order chi connectivity index (χ1) is 17.9. The van der Waals surface area contributed by atoms with E-state index in [0.29, 0.717) is 18.8 Å². The molecule has 10 heteroatoms. The van der Waals surface area contributed by atoms with Gasteiger partial charge < -0.3 is 14.1 Å². The van der Waals surface area contributed by atoms with Gasteiger partial charge in [-0.1, -0.05) is 11.2 Å². The molecule has 4 heterocycles. The van der Waals surface area contributed by atoms with Gasteiger partial charge in [0.1, 0.15) is 11.8 Å². The van der Waals surface area contributed by atoms with Crippen molar-refractivity contribution in [3.05, 3.63) is 98.7 Å². The Hall–Kier alpha value is -3.94. The number of nitrogens with zero attached hydrogens (tertiary/aromatic N) is 5. The van der Waals surface area contributed by atoms with E-state index in [1.165, 1.54) is 6.07 Å². The average Bonchev–Trinajstić information content (AvgIpc) is 3.22. The summed E-state index contributed by atoms with van der Waals surface area (Å²) in [5.74, 6) is -1.99. The SMILES string of the molecule is Cn1cc2c(cc1=O)C1(CCN(Cc3ccc(/C(=N/OCC#N)c4ccc(F)c(F)c4)nc3)CC1)OC2. The van der Waals surface area contributed by atoms with Crippen molar-refractivity contribution in [2.75, 3.05) is 19.7 Å². The van der Waals surface area contributed by atoms with Crippen LogP contribution in [0.15, 0.2) is 58.7 Å². The molecule has 1 aromatic carbocycles. The van der Waals surface area contributed by atoms with Crippen molar-refractivity contribution in [2.45, 2.75) is 31.6 Å². The lowest BCUT2D eigenvalue weighted by Crippen LogP contribution is -2.42. The van der Waals surface area contributed by atoms with Gasteiger partial charge in [-0.3, -0.25) is 14.7 Å². The molecule has 0 unspecified atom stereocenters. The van der Waals surface area contributed by atoms with Gasteiger partial charge in [-0.2, -0.15) is 5.26 Å². The molecule has 1 saturated heterocycles. The Morgan fingerprint density at radius 2 is 2.03 bits per heavy atom. The normalized spacial score (nSPS) is 17.0. The fraction of sp³-hybridized carbons (Fsp3) is 0.333. The topological polar surface area (TPSA) is 92.7 Å². The minimum Gasteiger partial charge on any atom is -0.380 e. The monoisotopic (exact) mass is 505 g/mol. The summed E-state index contributed by atoms with van der Waals surface area (Å²) in [6.45, 7) is 2.52. The lowest BCUT2D eigenvalue weighted by atomic mass is 9.84. The van der Waals surface area contributed by atoms with Crippen LogP contribution < -0.4 is 5.56 Å². The van der Waals surface area contributed by atoms with E-state index in [1.54, 1.807) is 29.9 Å². The summed E-state index contributed by atoms with van der Waals surface area (Å²) >= 11 is 0. The molecular weight excluding hydrogens is 480 g/mol. The van der Waals surface area contributed by atoms with Gasteiger partial charge in [-0.25, -0.2) is 8.78 Å². The van der Waals surface area contributed by atoms with Gasteiger partial charge in [0.05, 0.1) is 17.9 Å². The van der Waals surface area contributed by atoms with Crippen molar-refractivity contribution >= 4 is 5.71 Å². The Labute approximate surface area is 212 Å². The van der Waals surface area contributed by atoms with E-state index in [9.17, 15) is 13.6 Å². The molecule has 0 bridgehead atoms. The van der Waals surface area contributed by atoms with Crippen LogP contribution in [0, 0.1) is 23.0 Å². The zero-order valence-corrected chi connectivity index (χ0v) is 20.3.